The Labute approximate surface area is 151 Å². The fourth-order valence-electron chi connectivity index (χ4n) is 2.65. The van der Waals surface area contributed by atoms with Gasteiger partial charge in [-0.2, -0.15) is 0 Å². The third-order valence-corrected chi connectivity index (χ3v) is 5.12. The van der Waals surface area contributed by atoms with Crippen molar-refractivity contribution in [1.82, 2.24) is 5.16 Å². The van der Waals surface area contributed by atoms with Crippen LogP contribution in [0.15, 0.2) is 56.8 Å². The van der Waals surface area contributed by atoms with Crippen molar-refractivity contribution in [3.8, 4) is 0 Å². The highest BCUT2D eigenvalue weighted by Gasteiger charge is 2.17. The molecule has 0 radical (unpaired) electrons. The molecule has 1 amide bonds. The second kappa shape index (κ2) is 7.15. The van der Waals surface area contributed by atoms with Gasteiger partial charge in [-0.05, 0) is 63.6 Å². The molecule has 3 rings (SSSR count). The zero-order valence-electron chi connectivity index (χ0n) is 14.7. The van der Waals surface area contributed by atoms with Gasteiger partial charge in [-0.3, -0.25) is 4.79 Å². The number of benzene rings is 2. The van der Waals surface area contributed by atoms with E-state index in [1.54, 1.807) is 25.6 Å². The van der Waals surface area contributed by atoms with Crippen molar-refractivity contribution in [3.05, 3.63) is 70.6 Å². The minimum Gasteiger partial charge on any atom is -0.361 e. The van der Waals surface area contributed by atoms with Crippen LogP contribution in [-0.4, -0.2) is 11.1 Å². The SMILES string of the molecule is Cc1ccc(Sc2ccc(NC(=O)c3c(C)noc3C)cc2)c(C)c1. The average Bonchev–Trinajstić information content (AvgIpc) is 2.90. The van der Waals surface area contributed by atoms with E-state index < -0.39 is 0 Å². The summed E-state index contributed by atoms with van der Waals surface area (Å²) in [5.41, 5.74) is 4.36. The van der Waals surface area contributed by atoms with E-state index in [9.17, 15) is 4.79 Å². The summed E-state index contributed by atoms with van der Waals surface area (Å²) in [5.74, 6) is 0.322. The lowest BCUT2D eigenvalue weighted by atomic mass is 10.2. The van der Waals surface area contributed by atoms with Crippen LogP contribution in [0.25, 0.3) is 0 Å². The molecule has 5 heteroatoms. The van der Waals surface area contributed by atoms with E-state index in [4.69, 9.17) is 4.52 Å². The van der Waals surface area contributed by atoms with Crippen molar-refractivity contribution in [2.45, 2.75) is 37.5 Å². The number of anilines is 1. The number of nitrogens with zero attached hydrogens (tertiary/aromatic N) is 1. The van der Waals surface area contributed by atoms with Gasteiger partial charge < -0.3 is 9.84 Å². The molecule has 0 bridgehead atoms. The molecule has 0 spiro atoms. The van der Waals surface area contributed by atoms with Gasteiger partial charge in [0, 0.05) is 15.5 Å². The second-order valence-corrected chi connectivity index (χ2v) is 7.16. The van der Waals surface area contributed by atoms with Gasteiger partial charge in [0.15, 0.2) is 0 Å². The molecular weight excluding hydrogens is 332 g/mol. The summed E-state index contributed by atoms with van der Waals surface area (Å²) in [6, 6.07) is 14.3. The van der Waals surface area contributed by atoms with E-state index in [1.807, 2.05) is 24.3 Å². The predicted octanol–water partition coefficient (Wildman–Crippen LogP) is 5.31. The van der Waals surface area contributed by atoms with Crippen molar-refractivity contribution in [3.63, 3.8) is 0 Å². The highest BCUT2D eigenvalue weighted by Crippen LogP contribution is 2.31. The van der Waals surface area contributed by atoms with Crippen LogP contribution in [-0.2, 0) is 0 Å². The highest BCUT2D eigenvalue weighted by atomic mass is 32.2. The first-order valence-electron chi connectivity index (χ1n) is 8.03. The molecular formula is C20H20N2O2S. The van der Waals surface area contributed by atoms with E-state index in [-0.39, 0.29) is 5.91 Å². The Kier molecular flexibility index (Phi) is 4.95. The molecule has 25 heavy (non-hydrogen) atoms. The Bertz CT molecular complexity index is 894. The first-order valence-corrected chi connectivity index (χ1v) is 8.85. The summed E-state index contributed by atoms with van der Waals surface area (Å²) >= 11 is 1.72. The molecule has 0 unspecified atom stereocenters. The molecule has 1 N–H and O–H groups in total. The van der Waals surface area contributed by atoms with Crippen LogP contribution >= 0.6 is 11.8 Å². The van der Waals surface area contributed by atoms with Crippen LogP contribution in [0.5, 0.6) is 0 Å². The number of nitrogens with one attached hydrogen (secondary N) is 1. The normalized spacial score (nSPS) is 10.7. The summed E-state index contributed by atoms with van der Waals surface area (Å²) in [6.07, 6.45) is 0. The predicted molar refractivity (Wildman–Crippen MR) is 100 cm³/mol. The molecule has 0 aliphatic carbocycles. The monoisotopic (exact) mass is 352 g/mol. The Morgan fingerprint density at radius 2 is 1.76 bits per heavy atom. The fourth-order valence-corrected chi connectivity index (χ4v) is 3.53. The topological polar surface area (TPSA) is 55.1 Å². The molecule has 2 aromatic carbocycles. The zero-order chi connectivity index (χ0) is 18.0. The quantitative estimate of drug-likeness (QED) is 0.691. The third kappa shape index (κ3) is 3.94. The van der Waals surface area contributed by atoms with Gasteiger partial charge in [-0.1, -0.05) is 34.6 Å². The Morgan fingerprint density at radius 1 is 1.04 bits per heavy atom. The lowest BCUT2D eigenvalue weighted by Crippen LogP contribution is -2.13. The number of rotatable bonds is 4. The van der Waals surface area contributed by atoms with Gasteiger partial charge in [0.1, 0.15) is 11.3 Å². The van der Waals surface area contributed by atoms with Crippen LogP contribution in [0, 0.1) is 27.7 Å². The number of aromatic nitrogens is 1. The van der Waals surface area contributed by atoms with Gasteiger partial charge in [0.25, 0.3) is 5.91 Å². The number of hydrogen-bond acceptors (Lipinski definition) is 4. The molecule has 3 aromatic rings. The molecule has 4 nitrogen and oxygen atoms in total. The van der Waals surface area contributed by atoms with Crippen molar-refractivity contribution >= 4 is 23.4 Å². The van der Waals surface area contributed by atoms with Crippen LogP contribution in [0.2, 0.25) is 0 Å². The number of amides is 1. The molecule has 0 aliphatic heterocycles. The van der Waals surface area contributed by atoms with Crippen molar-refractivity contribution in [1.29, 1.82) is 0 Å². The van der Waals surface area contributed by atoms with Crippen LogP contribution in [0.3, 0.4) is 0 Å². The van der Waals surface area contributed by atoms with Gasteiger partial charge in [-0.15, -0.1) is 0 Å². The minimum atomic E-state index is -0.203. The number of carbonyl (C=O) groups excluding carboxylic acids is 1. The molecule has 1 heterocycles. The second-order valence-electron chi connectivity index (χ2n) is 6.05. The number of aryl methyl sites for hydroxylation is 4. The maximum atomic E-state index is 12.4. The lowest BCUT2D eigenvalue weighted by molar-refractivity contribution is 0.102. The summed E-state index contributed by atoms with van der Waals surface area (Å²) in [6.45, 7) is 7.71. The van der Waals surface area contributed by atoms with Gasteiger partial charge >= 0.3 is 0 Å². The lowest BCUT2D eigenvalue weighted by Gasteiger charge is -2.08. The van der Waals surface area contributed by atoms with E-state index >= 15 is 0 Å². The molecule has 0 aliphatic rings. The third-order valence-electron chi connectivity index (χ3n) is 3.93. The smallest absolute Gasteiger partial charge is 0.261 e. The molecule has 0 atom stereocenters. The van der Waals surface area contributed by atoms with Crippen LogP contribution in [0.4, 0.5) is 5.69 Å². The molecule has 0 fully saturated rings. The van der Waals surface area contributed by atoms with Crippen LogP contribution in [0.1, 0.15) is 32.9 Å². The summed E-state index contributed by atoms with van der Waals surface area (Å²) in [7, 11) is 0. The van der Waals surface area contributed by atoms with E-state index in [0.29, 0.717) is 17.0 Å². The zero-order valence-corrected chi connectivity index (χ0v) is 15.5. The largest absolute Gasteiger partial charge is 0.361 e. The molecule has 0 saturated heterocycles. The highest BCUT2D eigenvalue weighted by molar-refractivity contribution is 7.99. The first-order chi connectivity index (χ1) is 11.9. The van der Waals surface area contributed by atoms with Crippen molar-refractivity contribution in [2.24, 2.45) is 0 Å². The van der Waals surface area contributed by atoms with Gasteiger partial charge in [0.2, 0.25) is 0 Å². The number of hydrogen-bond donors (Lipinski definition) is 1. The maximum Gasteiger partial charge on any atom is 0.261 e. The standard InChI is InChI=1S/C20H20N2O2S/c1-12-5-10-18(13(2)11-12)25-17-8-6-16(7-9-17)21-20(23)19-14(3)22-24-15(19)4/h5-11H,1-4H3,(H,21,23). The summed E-state index contributed by atoms with van der Waals surface area (Å²) < 4.78 is 5.05. The van der Waals surface area contributed by atoms with Gasteiger partial charge in [-0.25, -0.2) is 0 Å². The molecule has 0 saturated carbocycles. The number of carbonyl (C=O) groups is 1. The fraction of sp³-hybridized carbons (Fsp3) is 0.200. The van der Waals surface area contributed by atoms with Gasteiger partial charge in [0.05, 0.1) is 5.69 Å². The van der Waals surface area contributed by atoms with Crippen LogP contribution < -0.4 is 5.32 Å². The maximum absolute atomic E-state index is 12.4. The average molecular weight is 352 g/mol. The molecule has 1 aromatic heterocycles. The van der Waals surface area contributed by atoms with Crippen molar-refractivity contribution < 1.29 is 9.32 Å². The Morgan fingerprint density at radius 3 is 2.36 bits per heavy atom. The molecule has 128 valence electrons. The van der Waals surface area contributed by atoms with Crippen molar-refractivity contribution in [2.75, 3.05) is 5.32 Å². The summed E-state index contributed by atoms with van der Waals surface area (Å²) in [5, 5.41) is 6.70. The van der Waals surface area contributed by atoms with E-state index in [0.717, 1.165) is 10.6 Å². The van der Waals surface area contributed by atoms with E-state index in [2.05, 4.69) is 42.5 Å². The first kappa shape index (κ1) is 17.3. The Balaban J connectivity index is 1.71. The van der Waals surface area contributed by atoms with E-state index in [1.165, 1.54) is 16.0 Å². The Hall–Kier alpha value is -2.53. The summed E-state index contributed by atoms with van der Waals surface area (Å²) in [4.78, 5) is 14.7. The minimum absolute atomic E-state index is 0.203.